The molecule has 1 atom stereocenters. The molecule has 2 N–H and O–H groups in total. The van der Waals surface area contributed by atoms with Crippen LogP contribution in [0.15, 0.2) is 24.3 Å². The van der Waals surface area contributed by atoms with Gasteiger partial charge in [-0.05, 0) is 31.0 Å². The second-order valence-corrected chi connectivity index (χ2v) is 6.45. The quantitative estimate of drug-likeness (QED) is 0.568. The summed E-state index contributed by atoms with van der Waals surface area (Å²) in [4.78, 5) is 23.8. The summed E-state index contributed by atoms with van der Waals surface area (Å²) in [6.07, 6.45) is 6.23. The molecule has 2 amide bonds. The third-order valence-corrected chi connectivity index (χ3v) is 4.10. The minimum absolute atomic E-state index is 0.0560. The summed E-state index contributed by atoms with van der Waals surface area (Å²) >= 11 is 0. The van der Waals surface area contributed by atoms with E-state index in [1.165, 1.54) is 19.3 Å². The first kappa shape index (κ1) is 21.0. The molecule has 0 heterocycles. The molecule has 25 heavy (non-hydrogen) atoms. The number of hydrogen-bond donors (Lipinski definition) is 2. The molecule has 0 unspecified atom stereocenters. The van der Waals surface area contributed by atoms with Gasteiger partial charge in [0, 0.05) is 25.4 Å². The van der Waals surface area contributed by atoms with E-state index in [2.05, 4.69) is 17.6 Å². The van der Waals surface area contributed by atoms with Gasteiger partial charge in [-0.25, -0.2) is 0 Å². The third-order valence-electron chi connectivity index (χ3n) is 4.10. The average Bonchev–Trinajstić information content (AvgIpc) is 2.62. The third kappa shape index (κ3) is 9.75. The minimum atomic E-state index is -0.117. The van der Waals surface area contributed by atoms with Gasteiger partial charge in [-0.2, -0.15) is 0 Å². The Morgan fingerprint density at radius 3 is 2.60 bits per heavy atom. The van der Waals surface area contributed by atoms with E-state index < -0.39 is 0 Å². The summed E-state index contributed by atoms with van der Waals surface area (Å²) in [6, 6.07) is 7.72. The van der Waals surface area contributed by atoms with Gasteiger partial charge in [0.05, 0.1) is 7.11 Å². The molecule has 0 aliphatic heterocycles. The molecule has 1 aromatic carbocycles. The Labute approximate surface area is 151 Å². The number of unbranched alkanes of at least 4 members (excludes halogenated alkanes) is 3. The largest absolute Gasteiger partial charge is 0.497 e. The first-order valence-corrected chi connectivity index (χ1v) is 9.24. The van der Waals surface area contributed by atoms with Crippen molar-refractivity contribution in [3.63, 3.8) is 0 Å². The normalized spacial score (nSPS) is 11.6. The van der Waals surface area contributed by atoms with Gasteiger partial charge in [-0.15, -0.1) is 0 Å². The maximum atomic E-state index is 11.9. The van der Waals surface area contributed by atoms with Crippen LogP contribution >= 0.6 is 0 Å². The zero-order valence-corrected chi connectivity index (χ0v) is 15.8. The van der Waals surface area contributed by atoms with Crippen LogP contribution in [0.1, 0.15) is 64.4 Å². The maximum Gasteiger partial charge on any atom is 0.220 e. The second kappa shape index (κ2) is 12.3. The molecule has 0 aromatic heterocycles. The SMILES string of the molecule is CCCCCC[C@@H](C)NC(=O)CCC(=O)NCc1cccc(OC)c1. The molecule has 1 rings (SSSR count). The highest BCUT2D eigenvalue weighted by Gasteiger charge is 2.10. The molecule has 0 spiro atoms. The Bertz CT molecular complexity index is 531. The number of carbonyl (C=O) groups excluding carboxylic acids is 2. The van der Waals surface area contributed by atoms with Crippen molar-refractivity contribution in [2.45, 2.75) is 71.4 Å². The summed E-state index contributed by atoms with van der Waals surface area (Å²) < 4.78 is 5.15. The lowest BCUT2D eigenvalue weighted by molar-refractivity contribution is -0.126. The van der Waals surface area contributed by atoms with Crippen molar-refractivity contribution in [1.29, 1.82) is 0 Å². The predicted octanol–water partition coefficient (Wildman–Crippen LogP) is 3.57. The molecule has 5 nitrogen and oxygen atoms in total. The Morgan fingerprint density at radius 2 is 1.88 bits per heavy atom. The zero-order chi connectivity index (χ0) is 18.5. The van der Waals surface area contributed by atoms with Crippen LogP contribution in [0.3, 0.4) is 0 Å². The summed E-state index contributed by atoms with van der Waals surface area (Å²) in [5.74, 6) is 0.590. The molecule has 0 saturated heterocycles. The highest BCUT2D eigenvalue weighted by Crippen LogP contribution is 2.12. The van der Waals surface area contributed by atoms with E-state index in [4.69, 9.17) is 4.74 Å². The van der Waals surface area contributed by atoms with Crippen molar-refractivity contribution in [3.8, 4) is 5.75 Å². The molecule has 140 valence electrons. The van der Waals surface area contributed by atoms with Crippen molar-refractivity contribution in [2.24, 2.45) is 0 Å². The number of benzene rings is 1. The van der Waals surface area contributed by atoms with Gasteiger partial charge in [-0.1, -0.05) is 44.7 Å². The lowest BCUT2D eigenvalue weighted by Gasteiger charge is -2.13. The lowest BCUT2D eigenvalue weighted by atomic mass is 10.1. The molecule has 1 aromatic rings. The van der Waals surface area contributed by atoms with Crippen LogP contribution in [0.25, 0.3) is 0 Å². The standard InChI is InChI=1S/C20H32N2O3/c1-4-5-6-7-9-16(2)22-20(24)13-12-19(23)21-15-17-10-8-11-18(14-17)25-3/h8,10-11,14,16H,4-7,9,12-13,15H2,1-3H3,(H,21,23)(H,22,24)/t16-/m1/s1. The molecular formula is C20H32N2O3. The van der Waals surface area contributed by atoms with Gasteiger partial charge in [0.2, 0.25) is 11.8 Å². The second-order valence-electron chi connectivity index (χ2n) is 6.45. The highest BCUT2D eigenvalue weighted by atomic mass is 16.5. The van der Waals surface area contributed by atoms with Crippen molar-refractivity contribution < 1.29 is 14.3 Å². The fourth-order valence-electron chi connectivity index (χ4n) is 2.59. The smallest absolute Gasteiger partial charge is 0.220 e. The number of methoxy groups -OCH3 is 1. The predicted molar refractivity (Wildman–Crippen MR) is 100 cm³/mol. The van der Waals surface area contributed by atoms with Crippen LogP contribution in [0, 0.1) is 0 Å². The molecule has 0 saturated carbocycles. The Kier molecular flexibility index (Phi) is 10.4. The summed E-state index contributed by atoms with van der Waals surface area (Å²) in [7, 11) is 1.61. The molecular weight excluding hydrogens is 316 g/mol. The number of nitrogens with one attached hydrogen (secondary N) is 2. The molecule has 0 bridgehead atoms. The summed E-state index contributed by atoms with van der Waals surface area (Å²) in [6.45, 7) is 4.64. The van der Waals surface area contributed by atoms with Gasteiger partial charge >= 0.3 is 0 Å². The molecule has 0 aliphatic carbocycles. The van der Waals surface area contributed by atoms with E-state index >= 15 is 0 Å². The summed E-state index contributed by atoms with van der Waals surface area (Å²) in [5.41, 5.74) is 0.970. The first-order valence-electron chi connectivity index (χ1n) is 9.24. The number of rotatable bonds is 12. The van der Waals surface area contributed by atoms with Crippen LogP contribution in [0.4, 0.5) is 0 Å². The lowest BCUT2D eigenvalue weighted by Crippen LogP contribution is -2.33. The number of hydrogen-bond acceptors (Lipinski definition) is 3. The van der Waals surface area contributed by atoms with Crippen molar-refractivity contribution in [3.05, 3.63) is 29.8 Å². The van der Waals surface area contributed by atoms with Crippen LogP contribution in [0.2, 0.25) is 0 Å². The van der Waals surface area contributed by atoms with E-state index in [0.29, 0.717) is 6.54 Å². The number of amides is 2. The Morgan fingerprint density at radius 1 is 1.12 bits per heavy atom. The van der Waals surface area contributed by atoms with Gasteiger partial charge in [0.1, 0.15) is 5.75 Å². The molecule has 0 fully saturated rings. The van der Waals surface area contributed by atoms with Crippen molar-refractivity contribution in [1.82, 2.24) is 10.6 Å². The van der Waals surface area contributed by atoms with Crippen molar-refractivity contribution in [2.75, 3.05) is 7.11 Å². The Hall–Kier alpha value is -2.04. The van der Waals surface area contributed by atoms with Gasteiger partial charge in [0.15, 0.2) is 0 Å². The van der Waals surface area contributed by atoms with Gasteiger partial charge in [0.25, 0.3) is 0 Å². The van der Waals surface area contributed by atoms with Crippen molar-refractivity contribution >= 4 is 11.8 Å². The monoisotopic (exact) mass is 348 g/mol. The molecule has 5 heteroatoms. The van der Waals surface area contributed by atoms with E-state index in [9.17, 15) is 9.59 Å². The fourth-order valence-corrected chi connectivity index (χ4v) is 2.59. The highest BCUT2D eigenvalue weighted by molar-refractivity contribution is 5.83. The van der Waals surface area contributed by atoms with Gasteiger partial charge < -0.3 is 15.4 Å². The number of carbonyl (C=O) groups is 2. The van der Waals surface area contributed by atoms with E-state index in [-0.39, 0.29) is 30.7 Å². The van der Waals surface area contributed by atoms with E-state index in [0.717, 1.165) is 24.2 Å². The van der Waals surface area contributed by atoms with Gasteiger partial charge in [-0.3, -0.25) is 9.59 Å². The minimum Gasteiger partial charge on any atom is -0.497 e. The average molecular weight is 348 g/mol. The van der Waals surface area contributed by atoms with Crippen LogP contribution < -0.4 is 15.4 Å². The molecule has 0 radical (unpaired) electrons. The number of ether oxygens (including phenoxy) is 1. The summed E-state index contributed by atoms with van der Waals surface area (Å²) in [5, 5.41) is 5.80. The van der Waals surface area contributed by atoms with Crippen LogP contribution in [-0.2, 0) is 16.1 Å². The maximum absolute atomic E-state index is 11.9. The van der Waals surface area contributed by atoms with Crippen LogP contribution in [0.5, 0.6) is 5.75 Å². The molecule has 0 aliphatic rings. The first-order chi connectivity index (χ1) is 12.0. The van der Waals surface area contributed by atoms with E-state index in [1.807, 2.05) is 31.2 Å². The van der Waals surface area contributed by atoms with Crippen LogP contribution in [-0.4, -0.2) is 25.0 Å². The van der Waals surface area contributed by atoms with E-state index in [1.54, 1.807) is 7.11 Å². The fraction of sp³-hybridized carbons (Fsp3) is 0.600. The Balaban J connectivity index is 2.18. The topological polar surface area (TPSA) is 67.4 Å². The zero-order valence-electron chi connectivity index (χ0n) is 15.8.